The van der Waals surface area contributed by atoms with Crippen LogP contribution in [0.3, 0.4) is 0 Å². The molecule has 0 amide bonds. The number of anilines is 1. The molecular weight excluding hydrogens is 316 g/mol. The predicted octanol–water partition coefficient (Wildman–Crippen LogP) is 3.82. The first kappa shape index (κ1) is 14.2. The predicted molar refractivity (Wildman–Crippen MR) is 92.1 cm³/mol. The van der Waals surface area contributed by atoms with Crippen LogP contribution in [0.25, 0.3) is 11.1 Å². The van der Waals surface area contributed by atoms with Gasteiger partial charge in [-0.15, -0.1) is 10.2 Å². The number of fused-ring (bicyclic) bond motifs is 2. The molecule has 0 bridgehead atoms. The minimum atomic E-state index is -0.0934. The number of nitrogens with zero attached hydrogens (tertiary/aromatic N) is 4. The number of aryl methyl sites for hydroxylation is 1. The lowest BCUT2D eigenvalue weighted by molar-refractivity contribution is 0.389. The molecule has 6 heteroatoms. The van der Waals surface area contributed by atoms with Crippen molar-refractivity contribution in [2.45, 2.75) is 25.9 Å². The summed E-state index contributed by atoms with van der Waals surface area (Å²) >= 11 is 0. The van der Waals surface area contributed by atoms with Gasteiger partial charge in [-0.3, -0.25) is 0 Å². The van der Waals surface area contributed by atoms with Gasteiger partial charge in [-0.1, -0.05) is 36.4 Å². The second-order valence-electron chi connectivity index (χ2n) is 6.24. The van der Waals surface area contributed by atoms with E-state index in [9.17, 15) is 0 Å². The Hall–Kier alpha value is -3.15. The molecule has 6 nitrogen and oxygen atoms in total. The summed E-state index contributed by atoms with van der Waals surface area (Å²) in [6.07, 6.45) is 0.774. The van der Waals surface area contributed by atoms with E-state index in [2.05, 4.69) is 44.3 Å². The normalized spacial score (nSPS) is 17.0. The first-order valence-electron chi connectivity index (χ1n) is 8.27. The lowest BCUT2D eigenvalue weighted by atomic mass is 9.94. The SMILES string of the molecule is Cc1nnc([C@H]2Cc3ccccc3CN2c2nc3ccccc3o2)o1. The van der Waals surface area contributed by atoms with Crippen molar-refractivity contribution in [1.29, 1.82) is 0 Å². The molecule has 0 unspecified atom stereocenters. The molecule has 0 spiro atoms. The van der Waals surface area contributed by atoms with Gasteiger partial charge in [-0.2, -0.15) is 4.98 Å². The van der Waals surface area contributed by atoms with Crippen molar-refractivity contribution in [3.05, 3.63) is 71.4 Å². The van der Waals surface area contributed by atoms with Crippen molar-refractivity contribution in [3.63, 3.8) is 0 Å². The zero-order valence-electron chi connectivity index (χ0n) is 13.7. The molecule has 4 aromatic rings. The highest BCUT2D eigenvalue weighted by atomic mass is 16.4. The van der Waals surface area contributed by atoms with Crippen LogP contribution >= 0.6 is 0 Å². The van der Waals surface area contributed by atoms with Crippen molar-refractivity contribution >= 4 is 17.1 Å². The molecule has 5 rings (SSSR count). The first-order chi connectivity index (χ1) is 12.3. The van der Waals surface area contributed by atoms with Crippen molar-refractivity contribution in [2.24, 2.45) is 0 Å². The molecule has 0 N–H and O–H groups in total. The highest BCUT2D eigenvalue weighted by Gasteiger charge is 2.34. The van der Waals surface area contributed by atoms with E-state index in [1.165, 1.54) is 11.1 Å². The summed E-state index contributed by atoms with van der Waals surface area (Å²) in [5.74, 6) is 1.15. The number of benzene rings is 2. The highest BCUT2D eigenvalue weighted by molar-refractivity contribution is 5.74. The third-order valence-electron chi connectivity index (χ3n) is 4.60. The summed E-state index contributed by atoms with van der Waals surface area (Å²) in [4.78, 5) is 6.77. The maximum absolute atomic E-state index is 6.01. The molecule has 2 aromatic heterocycles. The Bertz CT molecular complexity index is 1020. The fourth-order valence-electron chi connectivity index (χ4n) is 3.37. The van der Waals surface area contributed by atoms with E-state index >= 15 is 0 Å². The second kappa shape index (κ2) is 5.44. The molecule has 3 heterocycles. The van der Waals surface area contributed by atoms with E-state index in [-0.39, 0.29) is 6.04 Å². The van der Waals surface area contributed by atoms with Crippen LogP contribution in [0.2, 0.25) is 0 Å². The number of hydrogen-bond acceptors (Lipinski definition) is 6. The van der Waals surface area contributed by atoms with Crippen LogP contribution in [-0.2, 0) is 13.0 Å². The van der Waals surface area contributed by atoms with E-state index in [1.807, 2.05) is 24.3 Å². The Labute approximate surface area is 144 Å². The van der Waals surface area contributed by atoms with Gasteiger partial charge in [0.15, 0.2) is 5.58 Å². The third-order valence-corrected chi connectivity index (χ3v) is 4.60. The fraction of sp³-hybridized carbons (Fsp3) is 0.211. The Kier molecular flexibility index (Phi) is 3.09. The molecule has 0 saturated heterocycles. The van der Waals surface area contributed by atoms with Gasteiger partial charge in [0.1, 0.15) is 11.6 Å². The van der Waals surface area contributed by atoms with Crippen LogP contribution in [0, 0.1) is 6.92 Å². The minimum absolute atomic E-state index is 0.0934. The van der Waals surface area contributed by atoms with Gasteiger partial charge in [0.2, 0.25) is 11.8 Å². The van der Waals surface area contributed by atoms with Gasteiger partial charge in [0.25, 0.3) is 6.01 Å². The van der Waals surface area contributed by atoms with E-state index < -0.39 is 0 Å². The highest BCUT2D eigenvalue weighted by Crippen LogP contribution is 2.37. The Morgan fingerprint density at radius 2 is 1.76 bits per heavy atom. The van der Waals surface area contributed by atoms with Gasteiger partial charge in [-0.25, -0.2) is 0 Å². The Balaban J connectivity index is 1.63. The summed E-state index contributed by atoms with van der Waals surface area (Å²) in [6, 6.07) is 16.7. The molecule has 0 aliphatic carbocycles. The number of para-hydroxylation sites is 2. The molecule has 1 atom stereocenters. The largest absolute Gasteiger partial charge is 0.423 e. The average molecular weight is 332 g/mol. The number of rotatable bonds is 2. The van der Waals surface area contributed by atoms with Crippen LogP contribution in [0.15, 0.2) is 57.4 Å². The summed E-state index contributed by atoms with van der Waals surface area (Å²) in [6.45, 7) is 2.49. The van der Waals surface area contributed by atoms with Gasteiger partial charge in [0, 0.05) is 19.9 Å². The van der Waals surface area contributed by atoms with E-state index in [0.717, 1.165) is 17.5 Å². The molecule has 0 fully saturated rings. The quantitative estimate of drug-likeness (QED) is 0.556. The lowest BCUT2D eigenvalue weighted by Crippen LogP contribution is -2.34. The van der Waals surface area contributed by atoms with Crippen LogP contribution in [0.1, 0.15) is 29.0 Å². The smallest absolute Gasteiger partial charge is 0.299 e. The second-order valence-corrected chi connectivity index (χ2v) is 6.24. The monoisotopic (exact) mass is 332 g/mol. The van der Waals surface area contributed by atoms with E-state index in [4.69, 9.17) is 8.83 Å². The van der Waals surface area contributed by atoms with Crippen molar-refractivity contribution < 1.29 is 8.83 Å². The number of oxazole rings is 1. The van der Waals surface area contributed by atoms with Crippen molar-refractivity contribution in [2.75, 3.05) is 4.90 Å². The van der Waals surface area contributed by atoms with Gasteiger partial charge in [0.05, 0.1) is 0 Å². The van der Waals surface area contributed by atoms with E-state index in [1.54, 1.807) is 6.92 Å². The summed E-state index contributed by atoms with van der Waals surface area (Å²) in [7, 11) is 0. The molecule has 0 saturated carbocycles. The molecule has 1 aliphatic rings. The van der Waals surface area contributed by atoms with Gasteiger partial charge in [-0.05, 0) is 23.3 Å². The van der Waals surface area contributed by atoms with Crippen molar-refractivity contribution in [3.8, 4) is 0 Å². The topological polar surface area (TPSA) is 68.2 Å². The van der Waals surface area contributed by atoms with Crippen molar-refractivity contribution in [1.82, 2.24) is 15.2 Å². The standard InChI is InChI=1S/C19H16N4O2/c1-12-21-22-18(24-12)16-10-13-6-2-3-7-14(13)11-23(16)19-20-15-8-4-5-9-17(15)25-19/h2-9,16H,10-11H2,1H3/t16-/m1/s1. The first-order valence-corrected chi connectivity index (χ1v) is 8.27. The van der Waals surface area contributed by atoms with E-state index in [0.29, 0.717) is 24.3 Å². The van der Waals surface area contributed by atoms with Crippen LogP contribution in [0.4, 0.5) is 6.01 Å². The zero-order chi connectivity index (χ0) is 16.8. The molecular formula is C19H16N4O2. The van der Waals surface area contributed by atoms with Crippen LogP contribution < -0.4 is 4.90 Å². The Morgan fingerprint density at radius 3 is 2.56 bits per heavy atom. The number of aromatic nitrogens is 3. The molecule has 1 aliphatic heterocycles. The molecule has 0 radical (unpaired) electrons. The molecule has 2 aromatic carbocycles. The summed E-state index contributed by atoms with van der Waals surface area (Å²) in [5, 5.41) is 8.24. The summed E-state index contributed by atoms with van der Waals surface area (Å²) in [5.41, 5.74) is 4.17. The summed E-state index contributed by atoms with van der Waals surface area (Å²) < 4.78 is 11.7. The van der Waals surface area contributed by atoms with Gasteiger partial charge < -0.3 is 13.7 Å². The van der Waals surface area contributed by atoms with Crippen LogP contribution in [-0.4, -0.2) is 15.2 Å². The molecule has 124 valence electrons. The average Bonchev–Trinajstić information content (AvgIpc) is 3.26. The number of hydrogen-bond donors (Lipinski definition) is 0. The minimum Gasteiger partial charge on any atom is -0.423 e. The fourth-order valence-corrected chi connectivity index (χ4v) is 3.37. The molecule has 25 heavy (non-hydrogen) atoms. The third kappa shape index (κ3) is 2.38. The van der Waals surface area contributed by atoms with Crippen LogP contribution in [0.5, 0.6) is 0 Å². The maximum atomic E-state index is 6.01. The Morgan fingerprint density at radius 1 is 0.960 bits per heavy atom. The maximum Gasteiger partial charge on any atom is 0.299 e. The lowest BCUT2D eigenvalue weighted by Gasteiger charge is -2.33. The zero-order valence-corrected chi connectivity index (χ0v) is 13.7. The van der Waals surface area contributed by atoms with Gasteiger partial charge >= 0.3 is 0 Å².